The Morgan fingerprint density at radius 1 is 1.12 bits per heavy atom. The van der Waals surface area contributed by atoms with Crippen LogP contribution in [0.25, 0.3) is 0 Å². The van der Waals surface area contributed by atoms with Crippen LogP contribution in [0.2, 0.25) is 0 Å². The van der Waals surface area contributed by atoms with Crippen LogP contribution in [-0.4, -0.2) is 20.8 Å². The van der Waals surface area contributed by atoms with E-state index in [9.17, 15) is 8.42 Å². The molecule has 0 bridgehead atoms. The van der Waals surface area contributed by atoms with E-state index in [2.05, 4.69) is 0 Å². The van der Waals surface area contributed by atoms with E-state index in [0.29, 0.717) is 10.6 Å². The topological polar surface area (TPSA) is 43.4 Å². The second-order valence-electron chi connectivity index (χ2n) is 4.13. The molecule has 1 aromatic rings. The molecule has 0 atom stereocenters. The SMILES string of the molecule is COc1ccc(S(=O)(=O)C2CCCC2)cc1. The molecular weight excluding hydrogens is 224 g/mol. The molecule has 1 fully saturated rings. The zero-order valence-corrected chi connectivity index (χ0v) is 10.2. The predicted octanol–water partition coefficient (Wildman–Crippen LogP) is 2.41. The lowest BCUT2D eigenvalue weighted by Crippen LogP contribution is -2.17. The van der Waals surface area contributed by atoms with Crippen molar-refractivity contribution in [1.82, 2.24) is 0 Å². The number of hydrogen-bond donors (Lipinski definition) is 0. The molecule has 88 valence electrons. The Balaban J connectivity index is 2.28. The van der Waals surface area contributed by atoms with Crippen LogP contribution in [0.1, 0.15) is 25.7 Å². The fourth-order valence-corrected chi connectivity index (χ4v) is 4.01. The van der Waals surface area contributed by atoms with E-state index in [-0.39, 0.29) is 5.25 Å². The van der Waals surface area contributed by atoms with Crippen molar-refractivity contribution in [3.8, 4) is 5.75 Å². The minimum Gasteiger partial charge on any atom is -0.497 e. The third-order valence-corrected chi connectivity index (χ3v) is 5.41. The lowest BCUT2D eigenvalue weighted by atomic mass is 10.3. The average Bonchev–Trinajstić information content (AvgIpc) is 2.83. The average molecular weight is 240 g/mol. The van der Waals surface area contributed by atoms with Crippen molar-refractivity contribution in [1.29, 1.82) is 0 Å². The van der Waals surface area contributed by atoms with Gasteiger partial charge in [0.1, 0.15) is 5.75 Å². The summed E-state index contributed by atoms with van der Waals surface area (Å²) in [6.45, 7) is 0. The van der Waals surface area contributed by atoms with E-state index < -0.39 is 9.84 Å². The van der Waals surface area contributed by atoms with Gasteiger partial charge in [0.2, 0.25) is 0 Å². The molecule has 0 spiro atoms. The molecule has 4 heteroatoms. The second kappa shape index (κ2) is 4.45. The lowest BCUT2D eigenvalue weighted by Gasteiger charge is -2.11. The van der Waals surface area contributed by atoms with Crippen LogP contribution in [0.3, 0.4) is 0 Å². The molecule has 0 aliphatic heterocycles. The van der Waals surface area contributed by atoms with Crippen molar-refractivity contribution in [3.05, 3.63) is 24.3 Å². The summed E-state index contributed by atoms with van der Waals surface area (Å²) in [6.07, 6.45) is 3.66. The maximum Gasteiger partial charge on any atom is 0.181 e. The molecule has 1 aliphatic carbocycles. The summed E-state index contributed by atoms with van der Waals surface area (Å²) in [5.74, 6) is 0.686. The minimum absolute atomic E-state index is 0.180. The summed E-state index contributed by atoms with van der Waals surface area (Å²) in [4.78, 5) is 0.417. The first-order valence-electron chi connectivity index (χ1n) is 5.52. The van der Waals surface area contributed by atoms with E-state index in [1.807, 2.05) is 0 Å². The highest BCUT2D eigenvalue weighted by molar-refractivity contribution is 7.92. The van der Waals surface area contributed by atoms with Crippen molar-refractivity contribution in [2.45, 2.75) is 35.8 Å². The molecule has 0 unspecified atom stereocenters. The number of sulfone groups is 1. The first-order chi connectivity index (χ1) is 7.64. The van der Waals surface area contributed by atoms with E-state index in [1.165, 1.54) is 0 Å². The van der Waals surface area contributed by atoms with Gasteiger partial charge in [0, 0.05) is 0 Å². The van der Waals surface area contributed by atoms with Gasteiger partial charge in [-0.15, -0.1) is 0 Å². The Morgan fingerprint density at radius 3 is 2.19 bits per heavy atom. The third kappa shape index (κ3) is 2.07. The zero-order chi connectivity index (χ0) is 11.6. The van der Waals surface area contributed by atoms with Crippen molar-refractivity contribution in [2.75, 3.05) is 7.11 Å². The number of hydrogen-bond acceptors (Lipinski definition) is 3. The predicted molar refractivity (Wildman–Crippen MR) is 62.4 cm³/mol. The molecule has 0 saturated heterocycles. The molecule has 0 heterocycles. The van der Waals surface area contributed by atoms with Crippen molar-refractivity contribution in [2.24, 2.45) is 0 Å². The molecular formula is C12H16O3S. The van der Waals surface area contributed by atoms with Crippen molar-refractivity contribution < 1.29 is 13.2 Å². The third-order valence-electron chi connectivity index (χ3n) is 3.13. The van der Waals surface area contributed by atoms with E-state index in [0.717, 1.165) is 25.7 Å². The summed E-state index contributed by atoms with van der Waals surface area (Å²) in [7, 11) is -1.55. The Morgan fingerprint density at radius 2 is 1.69 bits per heavy atom. The highest BCUT2D eigenvalue weighted by atomic mass is 32.2. The number of rotatable bonds is 3. The number of methoxy groups -OCH3 is 1. The van der Waals surface area contributed by atoms with Gasteiger partial charge in [0.25, 0.3) is 0 Å². The largest absolute Gasteiger partial charge is 0.497 e. The summed E-state index contributed by atoms with van der Waals surface area (Å²) in [5.41, 5.74) is 0. The van der Waals surface area contributed by atoms with Crippen LogP contribution in [0.15, 0.2) is 29.2 Å². The fraction of sp³-hybridized carbons (Fsp3) is 0.500. The van der Waals surface area contributed by atoms with E-state index in [1.54, 1.807) is 31.4 Å². The second-order valence-corrected chi connectivity index (χ2v) is 6.36. The highest BCUT2D eigenvalue weighted by Crippen LogP contribution is 2.30. The standard InChI is InChI=1S/C12H16O3S/c1-15-10-6-8-12(9-7-10)16(13,14)11-4-2-3-5-11/h6-9,11H,2-5H2,1H3. The summed E-state index contributed by atoms with van der Waals surface area (Å²) < 4.78 is 29.4. The van der Waals surface area contributed by atoms with Crippen LogP contribution in [0, 0.1) is 0 Å². The molecule has 1 aliphatic rings. The molecule has 2 rings (SSSR count). The molecule has 0 radical (unpaired) electrons. The van der Waals surface area contributed by atoms with E-state index >= 15 is 0 Å². The first-order valence-corrected chi connectivity index (χ1v) is 7.07. The monoisotopic (exact) mass is 240 g/mol. The quantitative estimate of drug-likeness (QED) is 0.815. The zero-order valence-electron chi connectivity index (χ0n) is 9.35. The Bertz CT molecular complexity index is 442. The van der Waals surface area contributed by atoms with Gasteiger partial charge in [0.15, 0.2) is 9.84 Å². The molecule has 3 nitrogen and oxygen atoms in total. The molecule has 1 aromatic carbocycles. The highest BCUT2D eigenvalue weighted by Gasteiger charge is 2.29. The van der Waals surface area contributed by atoms with E-state index in [4.69, 9.17) is 4.74 Å². The van der Waals surface area contributed by atoms with Gasteiger partial charge in [0.05, 0.1) is 17.3 Å². The Hall–Kier alpha value is -1.03. The fourth-order valence-electron chi connectivity index (χ4n) is 2.16. The van der Waals surface area contributed by atoms with Crippen LogP contribution in [-0.2, 0) is 9.84 Å². The normalized spacial score (nSPS) is 17.6. The Labute approximate surface area is 96.4 Å². The summed E-state index contributed by atoms with van der Waals surface area (Å²) in [6, 6.07) is 6.66. The maximum atomic E-state index is 12.2. The van der Waals surface area contributed by atoms with Crippen LogP contribution < -0.4 is 4.74 Å². The van der Waals surface area contributed by atoms with Crippen LogP contribution in [0.5, 0.6) is 5.75 Å². The van der Waals surface area contributed by atoms with Crippen LogP contribution >= 0.6 is 0 Å². The van der Waals surface area contributed by atoms with Gasteiger partial charge < -0.3 is 4.74 Å². The number of benzene rings is 1. The lowest BCUT2D eigenvalue weighted by molar-refractivity contribution is 0.414. The van der Waals surface area contributed by atoms with Crippen molar-refractivity contribution >= 4 is 9.84 Å². The minimum atomic E-state index is -3.12. The van der Waals surface area contributed by atoms with Gasteiger partial charge in [-0.3, -0.25) is 0 Å². The maximum absolute atomic E-state index is 12.2. The molecule has 1 saturated carbocycles. The van der Waals surface area contributed by atoms with Gasteiger partial charge in [-0.2, -0.15) is 0 Å². The summed E-state index contributed by atoms with van der Waals surface area (Å²) >= 11 is 0. The van der Waals surface area contributed by atoms with Gasteiger partial charge in [-0.05, 0) is 37.1 Å². The molecule has 0 aromatic heterocycles. The molecule has 0 N–H and O–H groups in total. The smallest absolute Gasteiger partial charge is 0.181 e. The molecule has 0 amide bonds. The van der Waals surface area contributed by atoms with Gasteiger partial charge >= 0.3 is 0 Å². The summed E-state index contributed by atoms with van der Waals surface area (Å²) in [5, 5.41) is -0.180. The number of ether oxygens (including phenoxy) is 1. The molecule has 16 heavy (non-hydrogen) atoms. The van der Waals surface area contributed by atoms with Gasteiger partial charge in [-0.1, -0.05) is 12.8 Å². The van der Waals surface area contributed by atoms with Gasteiger partial charge in [-0.25, -0.2) is 8.42 Å². The van der Waals surface area contributed by atoms with Crippen molar-refractivity contribution in [3.63, 3.8) is 0 Å². The first kappa shape index (κ1) is 11.5. The Kier molecular flexibility index (Phi) is 3.19. The van der Waals surface area contributed by atoms with Crippen LogP contribution in [0.4, 0.5) is 0 Å².